The van der Waals surface area contributed by atoms with E-state index in [1.54, 1.807) is 18.3 Å². The number of nitrogens with one attached hydrogen (secondary N) is 1. The number of rotatable bonds is 4. The molecule has 0 spiro atoms. The molecule has 0 amide bonds. The Hall–Kier alpha value is 0.1000. The van der Waals surface area contributed by atoms with Crippen molar-refractivity contribution < 1.29 is 5.11 Å². The van der Waals surface area contributed by atoms with Gasteiger partial charge in [-0.05, 0) is 48.8 Å². The molecule has 0 saturated heterocycles. The Labute approximate surface area is 97.5 Å². The highest BCUT2D eigenvalue weighted by atomic mass is 79.9. The zero-order valence-corrected chi connectivity index (χ0v) is 11.1. The van der Waals surface area contributed by atoms with Crippen LogP contribution in [0.15, 0.2) is 15.9 Å². The van der Waals surface area contributed by atoms with Crippen molar-refractivity contribution in [3.8, 4) is 0 Å². The summed E-state index contributed by atoms with van der Waals surface area (Å²) in [4.78, 5) is 1.27. The molecule has 14 heavy (non-hydrogen) atoms. The lowest BCUT2D eigenvalue weighted by atomic mass is 9.99. The van der Waals surface area contributed by atoms with Crippen LogP contribution in [-0.4, -0.2) is 16.7 Å². The molecule has 80 valence electrons. The van der Waals surface area contributed by atoms with Crippen LogP contribution < -0.4 is 5.32 Å². The third kappa shape index (κ3) is 3.35. The predicted molar refractivity (Wildman–Crippen MR) is 64.6 cm³/mol. The van der Waals surface area contributed by atoms with Gasteiger partial charge in [-0.25, -0.2) is 0 Å². The molecule has 0 fully saturated rings. The number of halogens is 1. The second-order valence-electron chi connectivity index (χ2n) is 3.96. The van der Waals surface area contributed by atoms with Gasteiger partial charge in [-0.15, -0.1) is 11.3 Å². The molecule has 2 nitrogen and oxygen atoms in total. The Kier molecular flexibility index (Phi) is 4.13. The number of hydrogen-bond acceptors (Lipinski definition) is 3. The van der Waals surface area contributed by atoms with E-state index < -0.39 is 0 Å². The number of aliphatic hydroxyl groups excluding tert-OH is 1. The summed E-state index contributed by atoms with van der Waals surface area (Å²) in [5.74, 6) is 0. The Bertz CT molecular complexity index is 296. The highest BCUT2D eigenvalue weighted by Crippen LogP contribution is 2.22. The average molecular weight is 278 g/mol. The van der Waals surface area contributed by atoms with Crippen molar-refractivity contribution in [1.29, 1.82) is 0 Å². The standard InChI is InChI=1S/C10H16BrNOS/c1-7(13)10(2,3)12-6-8-4-5-9(11)14-8/h4-5,7,12-13H,6H2,1-3H3. The quantitative estimate of drug-likeness (QED) is 0.887. The summed E-state index contributed by atoms with van der Waals surface area (Å²) in [6.45, 7) is 6.60. The van der Waals surface area contributed by atoms with E-state index in [1.807, 2.05) is 19.9 Å². The van der Waals surface area contributed by atoms with Crippen LogP contribution in [0.1, 0.15) is 25.6 Å². The molecule has 0 bridgehead atoms. The Morgan fingerprint density at radius 2 is 2.21 bits per heavy atom. The summed E-state index contributed by atoms with van der Waals surface area (Å²) in [5.41, 5.74) is -0.240. The molecule has 1 atom stereocenters. The third-order valence-electron chi connectivity index (χ3n) is 2.39. The first kappa shape index (κ1) is 12.2. The maximum Gasteiger partial charge on any atom is 0.0701 e. The van der Waals surface area contributed by atoms with Crippen molar-refractivity contribution in [2.75, 3.05) is 0 Å². The lowest BCUT2D eigenvalue weighted by Gasteiger charge is -2.29. The summed E-state index contributed by atoms with van der Waals surface area (Å²) in [6.07, 6.45) is -0.356. The highest BCUT2D eigenvalue weighted by molar-refractivity contribution is 9.11. The summed E-state index contributed by atoms with van der Waals surface area (Å²) >= 11 is 5.14. The van der Waals surface area contributed by atoms with Crippen LogP contribution in [0.25, 0.3) is 0 Å². The zero-order valence-electron chi connectivity index (χ0n) is 8.67. The van der Waals surface area contributed by atoms with Crippen molar-refractivity contribution in [3.05, 3.63) is 20.8 Å². The van der Waals surface area contributed by atoms with Gasteiger partial charge in [0.15, 0.2) is 0 Å². The van der Waals surface area contributed by atoms with E-state index in [-0.39, 0.29) is 11.6 Å². The second-order valence-corrected chi connectivity index (χ2v) is 6.50. The van der Waals surface area contributed by atoms with Gasteiger partial charge in [0, 0.05) is 17.0 Å². The normalized spacial score (nSPS) is 14.4. The molecule has 0 saturated carbocycles. The van der Waals surface area contributed by atoms with Crippen molar-refractivity contribution in [3.63, 3.8) is 0 Å². The molecule has 0 aliphatic heterocycles. The van der Waals surface area contributed by atoms with E-state index in [0.717, 1.165) is 10.3 Å². The molecule has 1 aromatic heterocycles. The minimum Gasteiger partial charge on any atom is -0.392 e. The molecular weight excluding hydrogens is 262 g/mol. The second kappa shape index (κ2) is 4.75. The molecule has 1 heterocycles. The van der Waals surface area contributed by atoms with Gasteiger partial charge in [0.2, 0.25) is 0 Å². The Morgan fingerprint density at radius 3 is 2.64 bits per heavy atom. The third-order valence-corrected chi connectivity index (χ3v) is 4.02. The molecule has 1 aromatic rings. The Morgan fingerprint density at radius 1 is 1.57 bits per heavy atom. The average Bonchev–Trinajstić information content (AvgIpc) is 2.48. The maximum absolute atomic E-state index is 9.50. The van der Waals surface area contributed by atoms with Crippen LogP contribution in [-0.2, 0) is 6.54 Å². The van der Waals surface area contributed by atoms with Gasteiger partial charge >= 0.3 is 0 Å². The first-order chi connectivity index (χ1) is 6.42. The van der Waals surface area contributed by atoms with E-state index in [1.165, 1.54) is 4.88 Å². The van der Waals surface area contributed by atoms with Crippen LogP contribution in [0.3, 0.4) is 0 Å². The van der Waals surface area contributed by atoms with Crippen molar-refractivity contribution in [2.24, 2.45) is 0 Å². The minimum atomic E-state index is -0.356. The number of thiophene rings is 1. The molecule has 0 radical (unpaired) electrons. The summed E-state index contributed by atoms with van der Waals surface area (Å²) in [7, 11) is 0. The fourth-order valence-corrected chi connectivity index (χ4v) is 2.33. The van der Waals surface area contributed by atoms with Gasteiger partial charge in [-0.3, -0.25) is 0 Å². The molecule has 0 aliphatic rings. The van der Waals surface area contributed by atoms with E-state index >= 15 is 0 Å². The molecule has 2 N–H and O–H groups in total. The fourth-order valence-electron chi connectivity index (χ4n) is 0.909. The van der Waals surface area contributed by atoms with E-state index in [9.17, 15) is 5.11 Å². The molecule has 4 heteroatoms. The van der Waals surface area contributed by atoms with Crippen LogP contribution in [0.5, 0.6) is 0 Å². The predicted octanol–water partition coefficient (Wildman–Crippen LogP) is 2.76. The summed E-state index contributed by atoms with van der Waals surface area (Å²) < 4.78 is 1.14. The maximum atomic E-state index is 9.50. The minimum absolute atomic E-state index is 0.240. The largest absolute Gasteiger partial charge is 0.392 e. The zero-order chi connectivity index (χ0) is 10.8. The van der Waals surface area contributed by atoms with Crippen LogP contribution in [0.2, 0.25) is 0 Å². The monoisotopic (exact) mass is 277 g/mol. The van der Waals surface area contributed by atoms with Crippen molar-refractivity contribution >= 4 is 27.3 Å². The molecule has 0 aromatic carbocycles. The molecule has 0 aliphatic carbocycles. The van der Waals surface area contributed by atoms with Crippen molar-refractivity contribution in [2.45, 2.75) is 39.0 Å². The van der Waals surface area contributed by atoms with E-state index in [0.29, 0.717) is 0 Å². The fraction of sp³-hybridized carbons (Fsp3) is 0.600. The molecule has 1 unspecified atom stereocenters. The summed E-state index contributed by atoms with van der Waals surface area (Å²) in [5, 5.41) is 12.8. The van der Waals surface area contributed by atoms with Crippen molar-refractivity contribution in [1.82, 2.24) is 5.32 Å². The number of aliphatic hydroxyl groups is 1. The topological polar surface area (TPSA) is 32.3 Å². The van der Waals surface area contributed by atoms with Gasteiger partial charge in [-0.1, -0.05) is 0 Å². The SMILES string of the molecule is CC(O)C(C)(C)NCc1ccc(Br)s1. The van der Waals surface area contributed by atoms with Crippen LogP contribution >= 0.6 is 27.3 Å². The van der Waals surface area contributed by atoms with Gasteiger partial charge in [0.05, 0.1) is 9.89 Å². The van der Waals surface area contributed by atoms with Gasteiger partial charge < -0.3 is 10.4 Å². The van der Waals surface area contributed by atoms with E-state index in [2.05, 4.69) is 27.3 Å². The molecular formula is C10H16BrNOS. The smallest absolute Gasteiger partial charge is 0.0701 e. The lowest BCUT2D eigenvalue weighted by Crippen LogP contribution is -2.47. The van der Waals surface area contributed by atoms with E-state index in [4.69, 9.17) is 0 Å². The summed E-state index contributed by atoms with van der Waals surface area (Å²) in [6, 6.07) is 4.12. The number of hydrogen-bond donors (Lipinski definition) is 2. The Balaban J connectivity index is 2.48. The first-order valence-electron chi connectivity index (χ1n) is 4.59. The van der Waals surface area contributed by atoms with Crippen LogP contribution in [0, 0.1) is 0 Å². The lowest BCUT2D eigenvalue weighted by molar-refractivity contribution is 0.0958. The first-order valence-corrected chi connectivity index (χ1v) is 6.20. The molecule has 1 rings (SSSR count). The van der Waals surface area contributed by atoms with Gasteiger partial charge in [0.1, 0.15) is 0 Å². The van der Waals surface area contributed by atoms with Gasteiger partial charge in [0.25, 0.3) is 0 Å². The highest BCUT2D eigenvalue weighted by Gasteiger charge is 2.22. The van der Waals surface area contributed by atoms with Gasteiger partial charge in [-0.2, -0.15) is 0 Å². The van der Waals surface area contributed by atoms with Crippen LogP contribution in [0.4, 0.5) is 0 Å².